The predicted molar refractivity (Wildman–Crippen MR) is 79.8 cm³/mol. The average Bonchev–Trinajstić information content (AvgIpc) is 2.92. The molecule has 1 heterocycles. The second kappa shape index (κ2) is 7.22. The van der Waals surface area contributed by atoms with Gasteiger partial charge >= 0.3 is 5.97 Å². The van der Waals surface area contributed by atoms with Crippen LogP contribution in [0.3, 0.4) is 0 Å². The van der Waals surface area contributed by atoms with E-state index in [1.807, 2.05) is 12.2 Å². The third-order valence-corrected chi connectivity index (χ3v) is 3.86. The molecule has 2 aliphatic rings. The average molecular weight is 307 g/mol. The molecule has 0 radical (unpaired) electrons. The highest BCUT2D eigenvalue weighted by molar-refractivity contribution is 5.96. The van der Waals surface area contributed by atoms with E-state index in [2.05, 4.69) is 5.32 Å². The van der Waals surface area contributed by atoms with Gasteiger partial charge in [-0.1, -0.05) is 18.2 Å². The van der Waals surface area contributed by atoms with Crippen LogP contribution >= 0.6 is 0 Å². The van der Waals surface area contributed by atoms with Crippen molar-refractivity contribution in [2.75, 3.05) is 13.1 Å². The Morgan fingerprint density at radius 1 is 1.36 bits per heavy atom. The summed E-state index contributed by atoms with van der Waals surface area (Å²) in [6, 6.07) is -1.26. The van der Waals surface area contributed by atoms with E-state index in [-0.39, 0.29) is 43.8 Å². The number of hydrogen-bond donors (Lipinski definition) is 3. The van der Waals surface area contributed by atoms with Crippen LogP contribution in [-0.2, 0) is 14.4 Å². The molecule has 1 aliphatic carbocycles. The van der Waals surface area contributed by atoms with E-state index in [1.54, 1.807) is 6.08 Å². The molecule has 7 heteroatoms. The smallest absolute Gasteiger partial charge is 0.326 e. The maximum atomic E-state index is 12.1. The Morgan fingerprint density at radius 3 is 2.73 bits per heavy atom. The number of nitrogens with two attached hydrogens (primary N) is 1. The molecule has 0 aromatic heterocycles. The van der Waals surface area contributed by atoms with Gasteiger partial charge in [-0.2, -0.15) is 0 Å². The maximum absolute atomic E-state index is 12.1. The Morgan fingerprint density at radius 2 is 2.14 bits per heavy atom. The summed E-state index contributed by atoms with van der Waals surface area (Å²) in [7, 11) is 0. The van der Waals surface area contributed by atoms with Gasteiger partial charge in [0.15, 0.2) is 0 Å². The molecule has 0 aromatic rings. The molecule has 0 bridgehead atoms. The van der Waals surface area contributed by atoms with E-state index in [1.165, 1.54) is 4.90 Å². The van der Waals surface area contributed by atoms with Crippen LogP contribution in [0.2, 0.25) is 0 Å². The zero-order chi connectivity index (χ0) is 16.1. The van der Waals surface area contributed by atoms with E-state index in [9.17, 15) is 19.5 Å². The normalized spacial score (nSPS) is 24.0. The van der Waals surface area contributed by atoms with Crippen LogP contribution in [0.4, 0.5) is 0 Å². The fraction of sp³-hybridized carbons (Fsp3) is 0.533. The molecular weight excluding hydrogens is 286 g/mol. The molecule has 7 nitrogen and oxygen atoms in total. The molecule has 0 aromatic carbocycles. The summed E-state index contributed by atoms with van der Waals surface area (Å²) in [4.78, 5) is 36.7. The van der Waals surface area contributed by atoms with Gasteiger partial charge in [0, 0.05) is 37.5 Å². The molecule has 0 spiro atoms. The summed E-state index contributed by atoms with van der Waals surface area (Å²) in [6.07, 6.45) is 7.62. The Labute approximate surface area is 128 Å². The number of carboxylic acids is 1. The van der Waals surface area contributed by atoms with Crippen molar-refractivity contribution >= 4 is 17.8 Å². The van der Waals surface area contributed by atoms with Gasteiger partial charge in [-0.3, -0.25) is 9.59 Å². The molecule has 4 N–H and O–H groups in total. The van der Waals surface area contributed by atoms with Gasteiger partial charge in [0.2, 0.25) is 5.91 Å². The number of allylic oxidation sites excluding steroid dienone is 2. The number of rotatable bonds is 5. The van der Waals surface area contributed by atoms with Crippen molar-refractivity contribution in [1.82, 2.24) is 10.2 Å². The number of carbonyl (C=O) groups is 3. The topological polar surface area (TPSA) is 113 Å². The van der Waals surface area contributed by atoms with E-state index >= 15 is 0 Å². The third kappa shape index (κ3) is 3.73. The standard InChI is InChI=1S/C15H21N3O4/c16-7-6-13(19)18-9-11(8-12(18)15(21)22)17-14(20)10-4-2-1-3-5-10/h2,4-5,11-12H,1,3,6-9,16H2,(H,17,20)(H,21,22)/t11-,12+/m1/s1. The highest BCUT2D eigenvalue weighted by Crippen LogP contribution is 2.20. The van der Waals surface area contributed by atoms with Crippen molar-refractivity contribution in [3.05, 3.63) is 23.8 Å². The molecule has 1 fully saturated rings. The zero-order valence-electron chi connectivity index (χ0n) is 12.3. The lowest BCUT2D eigenvalue weighted by Crippen LogP contribution is -2.42. The fourth-order valence-electron chi connectivity index (χ4n) is 2.77. The van der Waals surface area contributed by atoms with Crippen LogP contribution in [0.1, 0.15) is 25.7 Å². The van der Waals surface area contributed by atoms with Crippen molar-refractivity contribution in [1.29, 1.82) is 0 Å². The summed E-state index contributed by atoms with van der Waals surface area (Å²) in [5.41, 5.74) is 5.94. The van der Waals surface area contributed by atoms with Crippen molar-refractivity contribution in [3.8, 4) is 0 Å². The van der Waals surface area contributed by atoms with Gasteiger partial charge in [-0.25, -0.2) is 4.79 Å². The first-order valence-corrected chi connectivity index (χ1v) is 7.43. The van der Waals surface area contributed by atoms with Crippen molar-refractivity contribution in [2.24, 2.45) is 5.73 Å². The lowest BCUT2D eigenvalue weighted by Gasteiger charge is -2.21. The summed E-state index contributed by atoms with van der Waals surface area (Å²) >= 11 is 0. The Bertz CT molecular complexity index is 527. The molecule has 1 saturated heterocycles. The largest absolute Gasteiger partial charge is 0.480 e. The fourth-order valence-corrected chi connectivity index (χ4v) is 2.77. The lowest BCUT2D eigenvalue weighted by atomic mass is 10.1. The highest BCUT2D eigenvalue weighted by Gasteiger charge is 2.39. The number of nitrogens with one attached hydrogen (secondary N) is 1. The summed E-state index contributed by atoms with van der Waals surface area (Å²) in [5, 5.41) is 12.1. The molecule has 2 amide bonds. The van der Waals surface area contributed by atoms with Gasteiger partial charge in [0.05, 0.1) is 0 Å². The van der Waals surface area contributed by atoms with Crippen LogP contribution in [0.15, 0.2) is 23.8 Å². The zero-order valence-corrected chi connectivity index (χ0v) is 12.3. The monoisotopic (exact) mass is 307 g/mol. The van der Waals surface area contributed by atoms with Crippen LogP contribution in [0.25, 0.3) is 0 Å². The second-order valence-electron chi connectivity index (χ2n) is 5.48. The summed E-state index contributed by atoms with van der Waals surface area (Å²) < 4.78 is 0. The van der Waals surface area contributed by atoms with Gasteiger partial charge in [0.1, 0.15) is 6.04 Å². The predicted octanol–water partition coefficient (Wildman–Crippen LogP) is -0.218. The number of nitrogens with zero attached hydrogens (tertiary/aromatic N) is 1. The number of hydrogen-bond acceptors (Lipinski definition) is 4. The van der Waals surface area contributed by atoms with Crippen molar-refractivity contribution in [3.63, 3.8) is 0 Å². The van der Waals surface area contributed by atoms with Gasteiger partial charge in [-0.15, -0.1) is 0 Å². The minimum absolute atomic E-state index is 0.109. The Hall–Kier alpha value is -2.15. The molecule has 0 saturated carbocycles. The maximum Gasteiger partial charge on any atom is 0.326 e. The SMILES string of the molecule is NCCC(=O)N1C[C@H](NC(=O)C2=CCCC=C2)C[C@H]1C(=O)O. The van der Waals surface area contributed by atoms with Gasteiger partial charge < -0.3 is 21.1 Å². The quantitative estimate of drug-likeness (QED) is 0.650. The molecule has 22 heavy (non-hydrogen) atoms. The van der Waals surface area contributed by atoms with Crippen LogP contribution < -0.4 is 11.1 Å². The minimum Gasteiger partial charge on any atom is -0.480 e. The Kier molecular flexibility index (Phi) is 5.32. The van der Waals surface area contributed by atoms with Crippen LogP contribution in [-0.4, -0.2) is 53.0 Å². The van der Waals surface area contributed by atoms with E-state index < -0.39 is 12.0 Å². The number of aliphatic carboxylic acids is 1. The van der Waals surface area contributed by atoms with E-state index in [4.69, 9.17) is 5.73 Å². The first-order valence-electron chi connectivity index (χ1n) is 7.43. The Balaban J connectivity index is 1.99. The first-order chi connectivity index (χ1) is 10.5. The molecule has 120 valence electrons. The van der Waals surface area contributed by atoms with E-state index in [0.29, 0.717) is 5.57 Å². The van der Waals surface area contributed by atoms with Crippen molar-refractivity contribution in [2.45, 2.75) is 37.8 Å². The van der Waals surface area contributed by atoms with Gasteiger partial charge in [-0.05, 0) is 12.8 Å². The highest BCUT2D eigenvalue weighted by atomic mass is 16.4. The minimum atomic E-state index is -1.06. The number of carbonyl (C=O) groups excluding carboxylic acids is 2. The van der Waals surface area contributed by atoms with Gasteiger partial charge in [0.25, 0.3) is 5.91 Å². The number of carboxylic acid groups (broad SMARTS) is 1. The van der Waals surface area contributed by atoms with Crippen LogP contribution in [0.5, 0.6) is 0 Å². The first kappa shape index (κ1) is 16.2. The second-order valence-corrected chi connectivity index (χ2v) is 5.48. The number of amides is 2. The van der Waals surface area contributed by atoms with E-state index in [0.717, 1.165) is 12.8 Å². The molecular formula is C15H21N3O4. The molecule has 1 aliphatic heterocycles. The molecule has 0 unspecified atom stereocenters. The summed E-state index contributed by atoms with van der Waals surface area (Å²) in [5.74, 6) is -1.57. The number of likely N-dealkylation sites (tertiary alicyclic amines) is 1. The third-order valence-electron chi connectivity index (χ3n) is 3.86. The van der Waals surface area contributed by atoms with Crippen LogP contribution in [0, 0.1) is 0 Å². The lowest BCUT2D eigenvalue weighted by molar-refractivity contribution is -0.148. The van der Waals surface area contributed by atoms with Crippen molar-refractivity contribution < 1.29 is 19.5 Å². The summed E-state index contributed by atoms with van der Waals surface area (Å²) in [6.45, 7) is 0.384. The molecule has 2 atom stereocenters. The molecule has 2 rings (SSSR count).